The minimum atomic E-state index is -1.26. The zero-order valence-electron chi connectivity index (χ0n) is 10.2. The van der Waals surface area contributed by atoms with Crippen molar-refractivity contribution in [2.24, 2.45) is 23.7 Å². The highest BCUT2D eigenvalue weighted by molar-refractivity contribution is 6.33. The summed E-state index contributed by atoms with van der Waals surface area (Å²) in [5.74, 6) is -0.977. The summed E-state index contributed by atoms with van der Waals surface area (Å²) in [7, 11) is 0. The summed E-state index contributed by atoms with van der Waals surface area (Å²) in [6.45, 7) is 6.24. The Hall–Kier alpha value is -0.900. The summed E-state index contributed by atoms with van der Waals surface area (Å²) in [4.78, 5) is 22.3. The fourth-order valence-corrected chi connectivity index (χ4v) is 2.66. The van der Waals surface area contributed by atoms with Gasteiger partial charge in [0.15, 0.2) is 0 Å². The molecule has 0 aromatic carbocycles. The first kappa shape index (κ1) is 15.1. The van der Waals surface area contributed by atoms with Crippen LogP contribution in [0.2, 0.25) is 0 Å². The molecule has 1 saturated carbocycles. The Labute approximate surface area is 96.3 Å². The molecule has 94 valence electrons. The van der Waals surface area contributed by atoms with Crippen LogP contribution in [0.4, 0.5) is 0 Å². The van der Waals surface area contributed by atoms with E-state index in [1.165, 1.54) is 0 Å². The van der Waals surface area contributed by atoms with Crippen molar-refractivity contribution in [2.45, 2.75) is 40.0 Å². The van der Waals surface area contributed by atoms with Crippen molar-refractivity contribution in [1.82, 2.24) is 0 Å². The average Bonchev–Trinajstić information content (AvgIpc) is 2.15. The normalized spacial score (nSPS) is 29.6. The summed E-state index contributed by atoms with van der Waals surface area (Å²) in [6.07, 6.45) is 2.85. The number of carboxylic acid groups (broad SMARTS) is 1. The number of carbonyl (C=O) groups excluding carboxylic acids is 1. The molecular weight excluding hydrogens is 208 g/mol. The Bertz CT molecular complexity index is 260. The molecule has 1 aliphatic rings. The van der Waals surface area contributed by atoms with Crippen LogP contribution in [0.1, 0.15) is 40.0 Å². The highest BCUT2D eigenvalue weighted by Gasteiger charge is 2.37. The van der Waals surface area contributed by atoms with Crippen LogP contribution in [0.3, 0.4) is 0 Å². The molecule has 4 heteroatoms. The molecule has 1 aliphatic carbocycles. The van der Waals surface area contributed by atoms with Crippen molar-refractivity contribution in [1.29, 1.82) is 0 Å². The van der Waals surface area contributed by atoms with Crippen molar-refractivity contribution in [3.05, 3.63) is 0 Å². The molecule has 1 fully saturated rings. The molecule has 0 radical (unpaired) electrons. The van der Waals surface area contributed by atoms with Crippen LogP contribution < -0.4 is 0 Å². The van der Waals surface area contributed by atoms with Gasteiger partial charge in [0.2, 0.25) is 5.78 Å². The van der Waals surface area contributed by atoms with Crippen LogP contribution in [-0.2, 0) is 9.59 Å². The third kappa shape index (κ3) is 3.30. The summed E-state index contributed by atoms with van der Waals surface area (Å²) < 4.78 is 0. The van der Waals surface area contributed by atoms with E-state index in [0.717, 1.165) is 19.3 Å². The summed E-state index contributed by atoms with van der Waals surface area (Å²) in [6, 6.07) is 0. The maximum atomic E-state index is 11.6. The lowest BCUT2D eigenvalue weighted by atomic mass is 9.68. The van der Waals surface area contributed by atoms with Gasteiger partial charge in [0.25, 0.3) is 0 Å². The van der Waals surface area contributed by atoms with E-state index in [0.29, 0.717) is 11.8 Å². The van der Waals surface area contributed by atoms with Crippen LogP contribution in [0.15, 0.2) is 0 Å². The van der Waals surface area contributed by atoms with E-state index in [4.69, 9.17) is 5.11 Å². The lowest BCUT2D eigenvalue weighted by Crippen LogP contribution is -2.36. The van der Waals surface area contributed by atoms with E-state index in [1.807, 2.05) is 0 Å². The van der Waals surface area contributed by atoms with Gasteiger partial charge >= 0.3 is 5.97 Å². The van der Waals surface area contributed by atoms with Crippen LogP contribution in [0.25, 0.3) is 0 Å². The molecule has 0 aromatic rings. The number of aliphatic carboxylic acids is 1. The first-order chi connectivity index (χ1) is 6.93. The minimum absolute atomic E-state index is 0. The fourth-order valence-electron chi connectivity index (χ4n) is 2.66. The molecule has 0 amide bonds. The Balaban J connectivity index is 0.00000225. The third-order valence-corrected chi connectivity index (χ3v) is 3.57. The van der Waals surface area contributed by atoms with Crippen molar-refractivity contribution in [3.63, 3.8) is 0 Å². The number of rotatable bonds is 3. The van der Waals surface area contributed by atoms with Crippen molar-refractivity contribution in [3.8, 4) is 0 Å². The van der Waals surface area contributed by atoms with Crippen molar-refractivity contribution < 1.29 is 20.2 Å². The lowest BCUT2D eigenvalue weighted by Gasteiger charge is -2.35. The number of carbonyl (C=O) groups is 2. The lowest BCUT2D eigenvalue weighted by molar-refractivity contribution is -0.153. The summed E-state index contributed by atoms with van der Waals surface area (Å²) in [5, 5.41) is 8.77. The van der Waals surface area contributed by atoms with Gasteiger partial charge in [-0.05, 0) is 30.6 Å². The molecule has 0 aliphatic heterocycles. The molecule has 1 rings (SSSR count). The third-order valence-electron chi connectivity index (χ3n) is 3.57. The first-order valence-corrected chi connectivity index (χ1v) is 5.70. The van der Waals surface area contributed by atoms with Gasteiger partial charge in [0, 0.05) is 5.92 Å². The quantitative estimate of drug-likeness (QED) is 0.746. The first-order valence-electron chi connectivity index (χ1n) is 5.70. The molecule has 3 atom stereocenters. The van der Waals surface area contributed by atoms with E-state index >= 15 is 0 Å². The van der Waals surface area contributed by atoms with Gasteiger partial charge < -0.3 is 10.6 Å². The average molecular weight is 230 g/mol. The molecule has 0 saturated heterocycles. The van der Waals surface area contributed by atoms with E-state index in [-0.39, 0.29) is 17.3 Å². The molecule has 0 spiro atoms. The SMILES string of the molecule is CC(C)[C@H]1CC[C@H](C)C[C@@H]1C(=O)C(=O)O.O. The Morgan fingerprint density at radius 1 is 1.25 bits per heavy atom. The smallest absolute Gasteiger partial charge is 0.372 e. The molecule has 0 bridgehead atoms. The van der Waals surface area contributed by atoms with Crippen LogP contribution >= 0.6 is 0 Å². The number of Topliss-reactive ketones (excluding diaryl/α,β-unsaturated/α-hetero) is 1. The van der Waals surface area contributed by atoms with Gasteiger partial charge in [-0.1, -0.05) is 27.2 Å². The molecular formula is C12H22O4. The number of hydrogen-bond donors (Lipinski definition) is 1. The molecule has 0 aromatic heterocycles. The summed E-state index contributed by atoms with van der Waals surface area (Å²) in [5.41, 5.74) is 0. The minimum Gasteiger partial charge on any atom is -0.475 e. The van der Waals surface area contributed by atoms with Gasteiger partial charge in [-0.2, -0.15) is 0 Å². The molecule has 16 heavy (non-hydrogen) atoms. The molecule has 0 unspecified atom stereocenters. The topological polar surface area (TPSA) is 85.9 Å². The van der Waals surface area contributed by atoms with Gasteiger partial charge in [-0.15, -0.1) is 0 Å². The van der Waals surface area contributed by atoms with Gasteiger partial charge in [0.05, 0.1) is 0 Å². The zero-order valence-corrected chi connectivity index (χ0v) is 10.2. The number of ketones is 1. The van der Waals surface area contributed by atoms with E-state index < -0.39 is 11.8 Å². The Morgan fingerprint density at radius 2 is 1.81 bits per heavy atom. The second-order valence-corrected chi connectivity index (χ2v) is 5.10. The van der Waals surface area contributed by atoms with Crippen molar-refractivity contribution in [2.75, 3.05) is 0 Å². The van der Waals surface area contributed by atoms with E-state index in [2.05, 4.69) is 20.8 Å². The molecule has 3 N–H and O–H groups in total. The second-order valence-electron chi connectivity index (χ2n) is 5.10. The zero-order chi connectivity index (χ0) is 11.6. The Morgan fingerprint density at radius 3 is 2.25 bits per heavy atom. The van der Waals surface area contributed by atoms with Crippen LogP contribution in [-0.4, -0.2) is 22.3 Å². The second kappa shape index (κ2) is 5.99. The molecule has 4 nitrogen and oxygen atoms in total. The predicted octanol–water partition coefficient (Wildman–Crippen LogP) is 1.52. The summed E-state index contributed by atoms with van der Waals surface area (Å²) >= 11 is 0. The Kier molecular flexibility index (Phi) is 5.65. The molecule has 0 heterocycles. The predicted molar refractivity (Wildman–Crippen MR) is 61.1 cm³/mol. The number of hydrogen-bond acceptors (Lipinski definition) is 2. The highest BCUT2D eigenvalue weighted by Crippen LogP contribution is 2.38. The fraction of sp³-hybridized carbons (Fsp3) is 0.833. The van der Waals surface area contributed by atoms with Gasteiger partial charge in [-0.3, -0.25) is 4.79 Å². The van der Waals surface area contributed by atoms with Crippen molar-refractivity contribution >= 4 is 11.8 Å². The van der Waals surface area contributed by atoms with Gasteiger partial charge in [0.1, 0.15) is 0 Å². The number of carboxylic acids is 1. The largest absolute Gasteiger partial charge is 0.475 e. The van der Waals surface area contributed by atoms with Gasteiger partial charge in [-0.25, -0.2) is 4.79 Å². The monoisotopic (exact) mass is 230 g/mol. The maximum Gasteiger partial charge on any atom is 0.372 e. The van der Waals surface area contributed by atoms with Crippen LogP contribution in [0.5, 0.6) is 0 Å². The standard InChI is InChI=1S/C12H20O3.H2O/c1-7(2)9-5-4-8(3)6-10(9)11(13)12(14)15;/h7-10H,4-6H2,1-3H3,(H,14,15);1H2/t8-,9+,10-;/m0./s1. The van der Waals surface area contributed by atoms with Crippen LogP contribution in [0, 0.1) is 23.7 Å². The maximum absolute atomic E-state index is 11.6. The van der Waals surface area contributed by atoms with E-state index in [9.17, 15) is 9.59 Å². The van der Waals surface area contributed by atoms with E-state index in [1.54, 1.807) is 0 Å². The highest BCUT2D eigenvalue weighted by atomic mass is 16.4.